The van der Waals surface area contributed by atoms with Crippen molar-refractivity contribution in [3.05, 3.63) is 133 Å². The summed E-state index contributed by atoms with van der Waals surface area (Å²) >= 11 is 0. The highest BCUT2D eigenvalue weighted by atomic mass is 16.1. The number of carbonyl (C=O) groups excluding carboxylic acids is 2. The van der Waals surface area contributed by atoms with Crippen LogP contribution in [-0.4, -0.2) is 26.4 Å². The minimum atomic E-state index is -0.636. The van der Waals surface area contributed by atoms with Gasteiger partial charge in [0.05, 0.1) is 39.5 Å². The molecule has 7 nitrogen and oxygen atoms in total. The van der Waals surface area contributed by atoms with Gasteiger partial charge in [0, 0.05) is 44.7 Å². The van der Waals surface area contributed by atoms with Crippen molar-refractivity contribution in [2.45, 2.75) is 0 Å². The monoisotopic (exact) mass is 571 g/mol. The number of nitrogens with one attached hydrogen (secondary N) is 1. The van der Waals surface area contributed by atoms with Gasteiger partial charge in [-0.25, -0.2) is 0 Å². The van der Waals surface area contributed by atoms with Crippen LogP contribution < -0.4 is 11.1 Å². The van der Waals surface area contributed by atoms with E-state index in [9.17, 15) is 9.59 Å². The molecule has 0 saturated heterocycles. The van der Waals surface area contributed by atoms with Crippen LogP contribution in [0.5, 0.6) is 0 Å². The molecular formula is C37H25N5O2. The van der Waals surface area contributed by atoms with Crippen molar-refractivity contribution in [3.63, 3.8) is 0 Å². The Morgan fingerprint density at radius 2 is 1.07 bits per heavy atom. The molecule has 0 unspecified atom stereocenters. The van der Waals surface area contributed by atoms with Gasteiger partial charge in [0.15, 0.2) is 0 Å². The average molecular weight is 572 g/mol. The van der Waals surface area contributed by atoms with Gasteiger partial charge >= 0.3 is 0 Å². The number of carbonyl (C=O) groups is 2. The van der Waals surface area contributed by atoms with E-state index in [1.165, 1.54) is 12.4 Å². The molecule has 210 valence electrons. The van der Waals surface area contributed by atoms with Crippen LogP contribution in [0, 0.1) is 0 Å². The molecule has 2 amide bonds. The minimum absolute atomic E-state index is 0.212. The van der Waals surface area contributed by atoms with Crippen molar-refractivity contribution in [3.8, 4) is 22.5 Å². The van der Waals surface area contributed by atoms with Crippen LogP contribution >= 0.6 is 0 Å². The zero-order chi connectivity index (χ0) is 29.8. The van der Waals surface area contributed by atoms with E-state index in [-0.39, 0.29) is 5.56 Å². The van der Waals surface area contributed by atoms with E-state index >= 15 is 0 Å². The first-order valence-electron chi connectivity index (χ1n) is 14.2. The van der Waals surface area contributed by atoms with E-state index in [2.05, 4.69) is 74.0 Å². The number of benzene rings is 5. The predicted octanol–water partition coefficient (Wildman–Crippen LogP) is 7.61. The highest BCUT2D eigenvalue weighted by Crippen LogP contribution is 2.39. The Kier molecular flexibility index (Phi) is 5.77. The quantitative estimate of drug-likeness (QED) is 0.201. The van der Waals surface area contributed by atoms with Crippen molar-refractivity contribution in [1.29, 1.82) is 0 Å². The van der Waals surface area contributed by atoms with Gasteiger partial charge in [-0.1, -0.05) is 72.8 Å². The van der Waals surface area contributed by atoms with E-state index in [0.717, 1.165) is 55.0 Å². The number of amides is 2. The molecule has 0 radical (unpaired) electrons. The van der Waals surface area contributed by atoms with Crippen LogP contribution in [0.2, 0.25) is 0 Å². The maximum Gasteiger partial charge on any atom is 0.250 e. The third kappa shape index (κ3) is 3.80. The number of pyridine rings is 1. The molecule has 0 aliphatic heterocycles. The Bertz CT molecular complexity index is 2200. The molecule has 3 heterocycles. The summed E-state index contributed by atoms with van der Waals surface area (Å²) in [5.74, 6) is -0.636. The molecule has 0 bridgehead atoms. The van der Waals surface area contributed by atoms with Crippen LogP contribution in [-0.2, 0) is 4.79 Å². The van der Waals surface area contributed by atoms with Gasteiger partial charge in [-0.2, -0.15) is 0 Å². The van der Waals surface area contributed by atoms with E-state index in [1.807, 2.05) is 60.7 Å². The maximum absolute atomic E-state index is 12.7. The SMILES string of the molecule is NC(=O)c1cncc(NC=O)c1-c1cc(-n2c3ccccc3c3ccccc32)cc(-n2c3ccccc3c3ccccc32)c1. The molecule has 0 atom stereocenters. The Morgan fingerprint density at radius 1 is 0.636 bits per heavy atom. The fraction of sp³-hybridized carbons (Fsp3) is 0. The summed E-state index contributed by atoms with van der Waals surface area (Å²) in [7, 11) is 0. The highest BCUT2D eigenvalue weighted by molar-refractivity contribution is 6.11. The first-order valence-corrected chi connectivity index (χ1v) is 14.2. The van der Waals surface area contributed by atoms with Crippen LogP contribution in [0.4, 0.5) is 5.69 Å². The second-order valence-electron chi connectivity index (χ2n) is 10.7. The number of fused-ring (bicyclic) bond motifs is 6. The van der Waals surface area contributed by atoms with Gasteiger partial charge < -0.3 is 20.2 Å². The zero-order valence-corrected chi connectivity index (χ0v) is 23.4. The lowest BCUT2D eigenvalue weighted by Gasteiger charge is -2.18. The molecule has 44 heavy (non-hydrogen) atoms. The molecule has 8 aromatic rings. The summed E-state index contributed by atoms with van der Waals surface area (Å²) in [5.41, 5.74) is 13.7. The van der Waals surface area contributed by atoms with Crippen molar-refractivity contribution >= 4 is 61.6 Å². The summed E-state index contributed by atoms with van der Waals surface area (Å²) < 4.78 is 4.48. The van der Waals surface area contributed by atoms with Gasteiger partial charge in [0.1, 0.15) is 0 Å². The largest absolute Gasteiger partial charge is 0.366 e. The summed E-state index contributed by atoms with van der Waals surface area (Å²) in [6.07, 6.45) is 3.56. The van der Waals surface area contributed by atoms with Crippen molar-refractivity contribution in [1.82, 2.24) is 14.1 Å². The number of hydrogen-bond acceptors (Lipinski definition) is 3. The number of hydrogen-bond donors (Lipinski definition) is 2. The maximum atomic E-state index is 12.7. The van der Waals surface area contributed by atoms with Gasteiger partial charge in [-0.3, -0.25) is 14.6 Å². The summed E-state index contributed by atoms with van der Waals surface area (Å²) in [6, 6.07) is 39.6. The lowest BCUT2D eigenvalue weighted by atomic mass is 9.98. The number of anilines is 1. The van der Waals surface area contributed by atoms with Crippen molar-refractivity contribution < 1.29 is 9.59 Å². The van der Waals surface area contributed by atoms with Gasteiger partial charge in [0.25, 0.3) is 5.91 Å². The first kappa shape index (κ1) is 25.5. The van der Waals surface area contributed by atoms with Crippen molar-refractivity contribution in [2.75, 3.05) is 5.32 Å². The van der Waals surface area contributed by atoms with E-state index < -0.39 is 5.91 Å². The van der Waals surface area contributed by atoms with Crippen molar-refractivity contribution in [2.24, 2.45) is 5.73 Å². The smallest absolute Gasteiger partial charge is 0.250 e. The standard InChI is InChI=1S/C37H25N5O2/c38-37(44)30-20-39-21-31(40-22-43)36(30)23-17-24(41-32-13-5-1-9-26(32)27-10-2-6-14-33(27)41)19-25(18-23)42-34-15-7-3-11-28(34)29-12-4-8-16-35(29)42/h1-22H,(H2,38,44)(H,40,43). The molecule has 5 aromatic carbocycles. The summed E-state index contributed by atoms with van der Waals surface area (Å²) in [4.78, 5) is 28.6. The fourth-order valence-corrected chi connectivity index (χ4v) is 6.53. The Balaban J connectivity index is 1.54. The van der Waals surface area contributed by atoms with Gasteiger partial charge in [-0.05, 0) is 48.0 Å². The summed E-state index contributed by atoms with van der Waals surface area (Å²) in [6.45, 7) is 0. The number of nitrogens with zero attached hydrogens (tertiary/aromatic N) is 3. The van der Waals surface area contributed by atoms with Crippen LogP contribution in [0.3, 0.4) is 0 Å². The molecule has 0 aliphatic rings. The second-order valence-corrected chi connectivity index (χ2v) is 10.7. The number of nitrogens with two attached hydrogens (primary N) is 1. The Labute approximate surface area is 251 Å². The van der Waals surface area contributed by atoms with E-state index in [0.29, 0.717) is 23.2 Å². The van der Waals surface area contributed by atoms with Crippen LogP contribution in [0.1, 0.15) is 10.4 Å². The predicted molar refractivity (Wildman–Crippen MR) is 177 cm³/mol. The van der Waals surface area contributed by atoms with Gasteiger partial charge in [0.2, 0.25) is 6.41 Å². The number of rotatable bonds is 6. The summed E-state index contributed by atoms with van der Waals surface area (Å²) in [5, 5.41) is 7.28. The molecule has 7 heteroatoms. The van der Waals surface area contributed by atoms with E-state index in [4.69, 9.17) is 5.73 Å². The third-order valence-corrected chi connectivity index (χ3v) is 8.29. The normalized spacial score (nSPS) is 11.5. The molecule has 8 rings (SSSR count). The average Bonchev–Trinajstić information content (AvgIpc) is 3.58. The number of aromatic nitrogens is 3. The minimum Gasteiger partial charge on any atom is -0.366 e. The Hall–Kier alpha value is -6.21. The molecule has 3 aromatic heterocycles. The topological polar surface area (TPSA) is 94.9 Å². The highest BCUT2D eigenvalue weighted by Gasteiger charge is 2.21. The first-order chi connectivity index (χ1) is 21.6. The van der Waals surface area contributed by atoms with Crippen LogP contribution in [0.15, 0.2) is 128 Å². The third-order valence-electron chi connectivity index (χ3n) is 8.29. The fourth-order valence-electron chi connectivity index (χ4n) is 6.53. The lowest BCUT2D eigenvalue weighted by Crippen LogP contribution is -2.14. The van der Waals surface area contributed by atoms with Gasteiger partial charge in [-0.15, -0.1) is 0 Å². The molecule has 0 fully saturated rings. The number of para-hydroxylation sites is 4. The molecule has 0 saturated carbocycles. The molecule has 0 spiro atoms. The molecular weight excluding hydrogens is 546 g/mol. The molecule has 3 N–H and O–H groups in total. The van der Waals surface area contributed by atoms with Crippen LogP contribution in [0.25, 0.3) is 66.1 Å². The van der Waals surface area contributed by atoms with E-state index in [1.54, 1.807) is 0 Å². The second kappa shape index (κ2) is 9.96. The molecule has 0 aliphatic carbocycles. The lowest BCUT2D eigenvalue weighted by molar-refractivity contribution is -0.105. The zero-order valence-electron chi connectivity index (χ0n) is 23.4. The Morgan fingerprint density at radius 3 is 1.48 bits per heavy atom. The number of primary amides is 1.